The zero-order valence-electron chi connectivity index (χ0n) is 25.0. The molecule has 9 nitrogen and oxygen atoms in total. The van der Waals surface area contributed by atoms with Gasteiger partial charge in [-0.05, 0) is 67.6 Å². The molecule has 2 aromatic carbocycles. The maximum atomic E-state index is 14.3. The highest BCUT2D eigenvalue weighted by atomic mass is 19.1. The molecule has 2 aliphatic rings. The van der Waals surface area contributed by atoms with Crippen LogP contribution in [0.25, 0.3) is 0 Å². The summed E-state index contributed by atoms with van der Waals surface area (Å²) >= 11 is 0. The molecule has 0 bridgehead atoms. The van der Waals surface area contributed by atoms with Gasteiger partial charge in [-0.2, -0.15) is 0 Å². The average molecular weight is 594 g/mol. The molecule has 43 heavy (non-hydrogen) atoms. The summed E-state index contributed by atoms with van der Waals surface area (Å²) in [5.74, 6) is -0.774. The second kappa shape index (κ2) is 13.6. The highest BCUT2D eigenvalue weighted by Crippen LogP contribution is 2.43. The Morgan fingerprint density at radius 1 is 1.12 bits per heavy atom. The van der Waals surface area contributed by atoms with Crippen LogP contribution in [-0.2, 0) is 16.0 Å². The molecule has 1 fully saturated rings. The first-order valence-electron chi connectivity index (χ1n) is 15.1. The highest BCUT2D eigenvalue weighted by Gasteiger charge is 2.47. The van der Waals surface area contributed by atoms with E-state index in [1.807, 2.05) is 28.0 Å². The van der Waals surface area contributed by atoms with Gasteiger partial charge in [0.25, 0.3) is 0 Å². The summed E-state index contributed by atoms with van der Waals surface area (Å²) in [5.41, 5.74) is 1.96. The lowest BCUT2D eigenvalue weighted by Gasteiger charge is -2.35. The number of hydrogen-bond acceptors (Lipinski definition) is 7. The molecule has 0 radical (unpaired) electrons. The lowest BCUT2D eigenvalue weighted by Crippen LogP contribution is -2.48. The Morgan fingerprint density at radius 2 is 1.88 bits per heavy atom. The smallest absolute Gasteiger partial charge is 0.308 e. The molecule has 230 valence electrons. The number of fused-ring (bicyclic) bond motifs is 1. The fraction of sp³-hybridized carbons (Fsp3) is 0.485. The van der Waals surface area contributed by atoms with Gasteiger partial charge in [0, 0.05) is 36.7 Å². The molecule has 3 atom stereocenters. The summed E-state index contributed by atoms with van der Waals surface area (Å²) in [6.45, 7) is 6.41. The van der Waals surface area contributed by atoms with Crippen molar-refractivity contribution in [2.75, 3.05) is 24.8 Å². The minimum absolute atomic E-state index is 0.0292. The van der Waals surface area contributed by atoms with E-state index in [4.69, 9.17) is 13.9 Å². The lowest BCUT2D eigenvalue weighted by atomic mass is 9.83. The van der Waals surface area contributed by atoms with Gasteiger partial charge in [0.2, 0.25) is 12.7 Å². The van der Waals surface area contributed by atoms with Gasteiger partial charge in [-0.25, -0.2) is 9.37 Å². The molecule has 3 aromatic rings. The van der Waals surface area contributed by atoms with Crippen molar-refractivity contribution < 1.29 is 33.0 Å². The first-order chi connectivity index (χ1) is 20.8. The van der Waals surface area contributed by atoms with Crippen molar-refractivity contribution in [1.29, 1.82) is 0 Å². The number of hydrogen-bond donors (Lipinski definition) is 1. The summed E-state index contributed by atoms with van der Waals surface area (Å²) in [6, 6.07) is 9.85. The Bertz CT molecular complexity index is 1410. The van der Waals surface area contributed by atoms with Crippen molar-refractivity contribution in [2.24, 2.45) is 5.92 Å². The number of halogens is 1. The molecule has 10 heteroatoms. The third kappa shape index (κ3) is 6.69. The van der Waals surface area contributed by atoms with E-state index in [0.29, 0.717) is 48.0 Å². The minimum Gasteiger partial charge on any atom is -0.481 e. The van der Waals surface area contributed by atoms with Crippen molar-refractivity contribution in [1.82, 2.24) is 9.88 Å². The van der Waals surface area contributed by atoms with Crippen LogP contribution in [0.15, 0.2) is 53.3 Å². The number of anilines is 1. The number of aliphatic carboxylic acids is 1. The summed E-state index contributed by atoms with van der Waals surface area (Å²) in [6.07, 6.45) is 7.36. The van der Waals surface area contributed by atoms with Crippen LogP contribution in [0.5, 0.6) is 11.5 Å². The quantitative estimate of drug-likeness (QED) is 0.259. The van der Waals surface area contributed by atoms with Crippen molar-refractivity contribution in [3.05, 3.63) is 71.7 Å². The maximum absolute atomic E-state index is 14.3. The highest BCUT2D eigenvalue weighted by molar-refractivity contribution is 5.95. The number of nitrogens with zero attached hydrogens (tertiary/aromatic N) is 3. The molecular weight excluding hydrogens is 553 g/mol. The number of likely N-dealkylation sites (tertiary alicyclic amines) is 1. The second-order valence-electron chi connectivity index (χ2n) is 11.5. The first-order valence-corrected chi connectivity index (χ1v) is 15.1. The SMILES string of the molecule is CCCC(CCC)N(C(=O)CN1C[C@H](c2ccc3c(c2)OCO3)C(C(=O)O)[C@@H]1CCc1ncco1)c1ccc(F)c(C)c1. The van der Waals surface area contributed by atoms with Crippen molar-refractivity contribution in [2.45, 2.75) is 77.3 Å². The third-order valence-corrected chi connectivity index (χ3v) is 8.63. The van der Waals surface area contributed by atoms with E-state index in [1.54, 1.807) is 25.3 Å². The van der Waals surface area contributed by atoms with Crippen LogP contribution >= 0.6 is 0 Å². The standard InChI is InChI=1S/C33H40FN3O6/c1-4-6-23(7-5-2)37(24-9-10-26(34)21(3)16-24)31(38)19-36-18-25(22-8-12-28-29(17-22)43-20-42-28)32(33(39)40)27(36)11-13-30-35-14-15-41-30/h8-10,12,14-17,23,25,27,32H,4-7,11,13,18-20H2,1-3H3,(H,39,40)/t25-,27+,32?/m1/s1. The van der Waals surface area contributed by atoms with Crippen LogP contribution in [0, 0.1) is 18.7 Å². The number of rotatable bonds is 13. The molecule has 1 saturated heterocycles. The monoisotopic (exact) mass is 593 g/mol. The van der Waals surface area contributed by atoms with E-state index in [0.717, 1.165) is 31.2 Å². The van der Waals surface area contributed by atoms with Crippen molar-refractivity contribution in [3.8, 4) is 11.5 Å². The summed E-state index contributed by atoms with van der Waals surface area (Å²) in [7, 11) is 0. The molecule has 0 aliphatic carbocycles. The Kier molecular flexibility index (Phi) is 9.65. The zero-order chi connectivity index (χ0) is 30.5. The number of amides is 1. The van der Waals surface area contributed by atoms with E-state index in [2.05, 4.69) is 18.8 Å². The van der Waals surface area contributed by atoms with Crippen LogP contribution in [0.1, 0.15) is 68.9 Å². The van der Waals surface area contributed by atoms with Gasteiger partial charge in [-0.1, -0.05) is 32.8 Å². The normalized spacial score (nSPS) is 19.7. The predicted molar refractivity (Wildman–Crippen MR) is 159 cm³/mol. The number of oxazole rings is 1. The average Bonchev–Trinajstić information content (AvgIpc) is 3.74. The van der Waals surface area contributed by atoms with Gasteiger partial charge in [0.05, 0.1) is 18.7 Å². The largest absolute Gasteiger partial charge is 0.481 e. The summed E-state index contributed by atoms with van der Waals surface area (Å²) in [5, 5.41) is 10.5. The van der Waals surface area contributed by atoms with Crippen LogP contribution < -0.4 is 14.4 Å². The van der Waals surface area contributed by atoms with Crippen molar-refractivity contribution >= 4 is 17.6 Å². The van der Waals surface area contributed by atoms with Crippen molar-refractivity contribution in [3.63, 3.8) is 0 Å². The Labute approximate surface area is 251 Å². The predicted octanol–water partition coefficient (Wildman–Crippen LogP) is 5.95. The molecule has 1 unspecified atom stereocenters. The number of aromatic nitrogens is 1. The number of carbonyl (C=O) groups is 2. The van der Waals surface area contributed by atoms with E-state index in [-0.39, 0.29) is 37.0 Å². The summed E-state index contributed by atoms with van der Waals surface area (Å²) in [4.78, 5) is 35.2. The molecular formula is C33H40FN3O6. The number of aryl methyl sites for hydroxylation is 2. The number of carbonyl (C=O) groups excluding carboxylic acids is 1. The van der Waals surface area contributed by atoms with Gasteiger partial charge in [0.15, 0.2) is 17.4 Å². The molecule has 3 heterocycles. The fourth-order valence-corrected chi connectivity index (χ4v) is 6.64. The zero-order valence-corrected chi connectivity index (χ0v) is 25.0. The van der Waals surface area contributed by atoms with Crippen LogP contribution in [0.4, 0.5) is 10.1 Å². The summed E-state index contributed by atoms with van der Waals surface area (Å²) < 4.78 is 30.8. The van der Waals surface area contributed by atoms with Gasteiger partial charge in [0.1, 0.15) is 12.1 Å². The van der Waals surface area contributed by atoms with Gasteiger partial charge in [-0.3, -0.25) is 14.5 Å². The molecule has 0 saturated carbocycles. The number of benzene rings is 2. The first kappa shape index (κ1) is 30.5. The van der Waals surface area contributed by atoms with Crippen LogP contribution in [0.2, 0.25) is 0 Å². The molecule has 5 rings (SSSR count). The van der Waals surface area contributed by atoms with E-state index in [1.165, 1.54) is 12.3 Å². The number of carboxylic acids is 1. The minimum atomic E-state index is -0.920. The Hall–Kier alpha value is -3.92. The molecule has 1 aromatic heterocycles. The van der Waals surface area contributed by atoms with Gasteiger partial charge < -0.3 is 23.9 Å². The van der Waals surface area contributed by atoms with E-state index < -0.39 is 17.9 Å². The third-order valence-electron chi connectivity index (χ3n) is 8.63. The van der Waals surface area contributed by atoms with Crippen LogP contribution in [-0.4, -0.2) is 58.8 Å². The fourth-order valence-electron chi connectivity index (χ4n) is 6.64. The van der Waals surface area contributed by atoms with Gasteiger partial charge in [-0.15, -0.1) is 0 Å². The molecule has 1 N–H and O–H groups in total. The number of ether oxygens (including phenoxy) is 2. The molecule has 1 amide bonds. The van der Waals surface area contributed by atoms with E-state index in [9.17, 15) is 19.1 Å². The number of carboxylic acid groups (broad SMARTS) is 1. The maximum Gasteiger partial charge on any atom is 0.308 e. The van der Waals surface area contributed by atoms with Crippen LogP contribution in [0.3, 0.4) is 0 Å². The Morgan fingerprint density at radius 3 is 2.56 bits per heavy atom. The topological polar surface area (TPSA) is 105 Å². The molecule has 2 aliphatic heterocycles. The van der Waals surface area contributed by atoms with Gasteiger partial charge >= 0.3 is 5.97 Å². The lowest BCUT2D eigenvalue weighted by molar-refractivity contribution is -0.143. The van der Waals surface area contributed by atoms with E-state index >= 15 is 0 Å². The Balaban J connectivity index is 1.48. The molecule has 0 spiro atoms. The second-order valence-corrected chi connectivity index (χ2v) is 11.5.